The first-order chi connectivity index (χ1) is 9.28. The second-order valence-electron chi connectivity index (χ2n) is 5.91. The van der Waals surface area contributed by atoms with Crippen molar-refractivity contribution in [2.75, 3.05) is 44.3 Å². The van der Waals surface area contributed by atoms with Gasteiger partial charge >= 0.3 is 0 Å². The van der Waals surface area contributed by atoms with Crippen LogP contribution < -0.4 is 5.32 Å². The van der Waals surface area contributed by atoms with Gasteiger partial charge in [0.05, 0.1) is 5.60 Å². The maximum Gasteiger partial charge on any atom is 0.0795 e. The van der Waals surface area contributed by atoms with Gasteiger partial charge in [0.1, 0.15) is 0 Å². The molecule has 0 aromatic rings. The Labute approximate surface area is 122 Å². The van der Waals surface area contributed by atoms with Crippen LogP contribution in [0.15, 0.2) is 0 Å². The van der Waals surface area contributed by atoms with Crippen LogP contribution in [0.2, 0.25) is 0 Å². The summed E-state index contributed by atoms with van der Waals surface area (Å²) < 4.78 is 6.07. The van der Waals surface area contributed by atoms with Crippen LogP contribution in [0.25, 0.3) is 0 Å². The first-order valence-electron chi connectivity index (χ1n) is 7.95. The minimum absolute atomic E-state index is 0.217. The molecule has 0 aliphatic carbocycles. The van der Waals surface area contributed by atoms with Crippen LogP contribution in [-0.2, 0) is 4.74 Å². The summed E-state index contributed by atoms with van der Waals surface area (Å²) in [6, 6.07) is 0.674. The molecule has 2 rings (SSSR count). The lowest BCUT2D eigenvalue weighted by atomic mass is 9.90. The molecule has 2 aliphatic rings. The van der Waals surface area contributed by atoms with Crippen LogP contribution in [0.5, 0.6) is 0 Å². The van der Waals surface area contributed by atoms with E-state index < -0.39 is 0 Å². The predicted molar refractivity (Wildman–Crippen MR) is 84.1 cm³/mol. The van der Waals surface area contributed by atoms with Crippen LogP contribution in [0, 0.1) is 0 Å². The number of hydrogen-bond acceptors (Lipinski definition) is 4. The Hall–Kier alpha value is 0.230. The van der Waals surface area contributed by atoms with Crippen molar-refractivity contribution in [3.63, 3.8) is 0 Å². The van der Waals surface area contributed by atoms with Gasteiger partial charge < -0.3 is 15.0 Å². The van der Waals surface area contributed by atoms with Gasteiger partial charge in [0.15, 0.2) is 0 Å². The number of nitrogens with one attached hydrogen (secondary N) is 1. The van der Waals surface area contributed by atoms with E-state index in [-0.39, 0.29) is 5.60 Å². The molecule has 1 N–H and O–H groups in total. The average molecular weight is 286 g/mol. The number of ether oxygens (including phenoxy) is 1. The summed E-state index contributed by atoms with van der Waals surface area (Å²) in [7, 11) is 0. The molecule has 1 spiro atoms. The molecule has 0 saturated carbocycles. The molecule has 19 heavy (non-hydrogen) atoms. The quantitative estimate of drug-likeness (QED) is 0.776. The molecule has 2 atom stereocenters. The molecule has 2 saturated heterocycles. The summed E-state index contributed by atoms with van der Waals surface area (Å²) in [5.41, 5.74) is 0.217. The molecule has 2 aliphatic heterocycles. The number of thioether (sulfide) groups is 1. The highest BCUT2D eigenvalue weighted by Crippen LogP contribution is 2.38. The Balaban J connectivity index is 1.68. The molecule has 0 aromatic carbocycles. The zero-order chi connectivity index (χ0) is 13.6. The lowest BCUT2D eigenvalue weighted by Gasteiger charge is -2.38. The Kier molecular flexibility index (Phi) is 6.46. The molecule has 2 fully saturated rings. The van der Waals surface area contributed by atoms with Gasteiger partial charge in [-0.25, -0.2) is 0 Å². The van der Waals surface area contributed by atoms with E-state index in [9.17, 15) is 0 Å². The fourth-order valence-corrected chi connectivity index (χ4v) is 4.61. The first-order valence-corrected chi connectivity index (χ1v) is 9.11. The first kappa shape index (κ1) is 15.6. The minimum Gasteiger partial charge on any atom is -0.374 e. The molecule has 4 heteroatoms. The zero-order valence-corrected chi connectivity index (χ0v) is 13.4. The summed E-state index contributed by atoms with van der Waals surface area (Å²) in [5, 5.41) is 3.77. The van der Waals surface area contributed by atoms with E-state index in [0.29, 0.717) is 6.04 Å². The highest BCUT2D eigenvalue weighted by atomic mass is 32.2. The molecule has 2 unspecified atom stereocenters. The van der Waals surface area contributed by atoms with E-state index in [1.54, 1.807) is 0 Å². The standard InChI is InChI=1S/C15H30N2OS/c1-3-8-17(4-2)9-7-16-14-5-10-18-15(12-14)6-11-19-13-15/h14,16H,3-13H2,1-2H3. The van der Waals surface area contributed by atoms with Gasteiger partial charge in [-0.3, -0.25) is 0 Å². The molecule has 0 radical (unpaired) electrons. The van der Waals surface area contributed by atoms with Crippen molar-refractivity contribution in [2.24, 2.45) is 0 Å². The van der Waals surface area contributed by atoms with Gasteiger partial charge in [-0.15, -0.1) is 0 Å². The largest absolute Gasteiger partial charge is 0.374 e. The monoisotopic (exact) mass is 286 g/mol. The maximum atomic E-state index is 6.07. The van der Waals surface area contributed by atoms with Gasteiger partial charge in [0.25, 0.3) is 0 Å². The Morgan fingerprint density at radius 1 is 1.37 bits per heavy atom. The van der Waals surface area contributed by atoms with Crippen molar-refractivity contribution < 1.29 is 4.74 Å². The third kappa shape index (κ3) is 4.62. The van der Waals surface area contributed by atoms with Crippen molar-refractivity contribution in [3.8, 4) is 0 Å². The van der Waals surface area contributed by atoms with Gasteiger partial charge in [0.2, 0.25) is 0 Å². The molecule has 112 valence electrons. The lowest BCUT2D eigenvalue weighted by molar-refractivity contribution is -0.0701. The van der Waals surface area contributed by atoms with Gasteiger partial charge in [-0.2, -0.15) is 11.8 Å². The van der Waals surface area contributed by atoms with E-state index in [1.807, 2.05) is 0 Å². The second-order valence-corrected chi connectivity index (χ2v) is 7.02. The van der Waals surface area contributed by atoms with Gasteiger partial charge in [-0.05, 0) is 44.5 Å². The molecule has 3 nitrogen and oxygen atoms in total. The van der Waals surface area contributed by atoms with Gasteiger partial charge in [-0.1, -0.05) is 13.8 Å². The number of nitrogens with zero attached hydrogens (tertiary/aromatic N) is 1. The van der Waals surface area contributed by atoms with E-state index in [1.165, 1.54) is 56.8 Å². The van der Waals surface area contributed by atoms with Crippen LogP contribution in [-0.4, -0.2) is 60.8 Å². The summed E-state index contributed by atoms with van der Waals surface area (Å²) in [4.78, 5) is 2.54. The maximum absolute atomic E-state index is 6.07. The van der Waals surface area contributed by atoms with E-state index in [0.717, 1.165) is 13.2 Å². The number of hydrogen-bond donors (Lipinski definition) is 1. The summed E-state index contributed by atoms with van der Waals surface area (Å²) in [6.45, 7) is 10.2. The average Bonchev–Trinajstić information content (AvgIpc) is 2.86. The zero-order valence-electron chi connectivity index (χ0n) is 12.6. The molecule has 0 amide bonds. The Morgan fingerprint density at radius 2 is 2.26 bits per heavy atom. The third-order valence-electron chi connectivity index (χ3n) is 4.41. The Morgan fingerprint density at radius 3 is 2.95 bits per heavy atom. The van der Waals surface area contributed by atoms with Crippen LogP contribution in [0.4, 0.5) is 0 Å². The summed E-state index contributed by atoms with van der Waals surface area (Å²) >= 11 is 2.06. The van der Waals surface area contributed by atoms with Crippen molar-refractivity contribution in [1.82, 2.24) is 10.2 Å². The molecule has 0 aromatic heterocycles. The van der Waals surface area contributed by atoms with Crippen LogP contribution in [0.3, 0.4) is 0 Å². The van der Waals surface area contributed by atoms with Gasteiger partial charge in [0, 0.05) is 31.5 Å². The number of likely N-dealkylation sites (N-methyl/N-ethyl adjacent to an activating group) is 1. The number of rotatable bonds is 7. The fourth-order valence-electron chi connectivity index (χ4n) is 3.24. The van der Waals surface area contributed by atoms with E-state index in [4.69, 9.17) is 4.74 Å². The summed E-state index contributed by atoms with van der Waals surface area (Å²) in [6.07, 6.45) is 4.92. The fraction of sp³-hybridized carbons (Fsp3) is 1.00. The van der Waals surface area contributed by atoms with Crippen molar-refractivity contribution in [1.29, 1.82) is 0 Å². The highest BCUT2D eigenvalue weighted by Gasteiger charge is 2.40. The molecule has 2 heterocycles. The predicted octanol–water partition coefficient (Wildman–Crippen LogP) is 2.36. The molecular formula is C15H30N2OS. The van der Waals surface area contributed by atoms with Crippen molar-refractivity contribution >= 4 is 11.8 Å². The van der Waals surface area contributed by atoms with E-state index >= 15 is 0 Å². The smallest absolute Gasteiger partial charge is 0.0795 e. The second kappa shape index (κ2) is 7.87. The molecule has 0 bridgehead atoms. The van der Waals surface area contributed by atoms with Crippen LogP contribution >= 0.6 is 11.8 Å². The SMILES string of the molecule is CCCN(CC)CCNC1CCOC2(CCSC2)C1. The highest BCUT2D eigenvalue weighted by molar-refractivity contribution is 7.99. The Bertz CT molecular complexity index is 257. The van der Waals surface area contributed by atoms with E-state index in [2.05, 4.69) is 35.8 Å². The van der Waals surface area contributed by atoms with Crippen molar-refractivity contribution in [3.05, 3.63) is 0 Å². The minimum atomic E-state index is 0.217. The summed E-state index contributed by atoms with van der Waals surface area (Å²) in [5.74, 6) is 2.49. The lowest BCUT2D eigenvalue weighted by Crippen LogP contribution is -2.48. The van der Waals surface area contributed by atoms with Crippen LogP contribution in [0.1, 0.15) is 39.5 Å². The molecular weight excluding hydrogens is 256 g/mol. The normalized spacial score (nSPS) is 31.4. The topological polar surface area (TPSA) is 24.5 Å². The third-order valence-corrected chi connectivity index (χ3v) is 5.63. The van der Waals surface area contributed by atoms with Crippen molar-refractivity contribution in [2.45, 2.75) is 51.2 Å².